The number of para-hydroxylation sites is 2. The minimum absolute atomic E-state index is 0.133. The zero-order chi connectivity index (χ0) is 17.9. The van der Waals surface area contributed by atoms with Crippen LogP contribution in [0.15, 0.2) is 59.4 Å². The Morgan fingerprint density at radius 3 is 2.50 bits per heavy atom. The second-order valence-electron chi connectivity index (χ2n) is 6.25. The Morgan fingerprint density at radius 1 is 1.04 bits per heavy atom. The number of hydrogen-bond donors (Lipinski definition) is 0. The summed E-state index contributed by atoms with van der Waals surface area (Å²) >= 11 is 0. The van der Waals surface area contributed by atoms with Crippen LogP contribution < -0.4 is 10.3 Å². The molecule has 0 spiro atoms. The molecule has 26 heavy (non-hydrogen) atoms. The Bertz CT molecular complexity index is 949. The van der Waals surface area contributed by atoms with Gasteiger partial charge in [0.05, 0.1) is 29.8 Å². The molecule has 1 aromatic heterocycles. The van der Waals surface area contributed by atoms with Gasteiger partial charge in [-0.25, -0.2) is 4.57 Å². The molecule has 0 aliphatic carbocycles. The first-order valence-electron chi connectivity index (χ1n) is 8.80. The number of ether oxygens (including phenoxy) is 2. The van der Waals surface area contributed by atoms with Crippen molar-refractivity contribution in [2.24, 2.45) is 0 Å². The van der Waals surface area contributed by atoms with E-state index in [1.54, 1.807) is 10.6 Å². The van der Waals surface area contributed by atoms with Gasteiger partial charge in [0.2, 0.25) is 0 Å². The first-order chi connectivity index (χ1) is 12.7. The Balaban J connectivity index is 1.80. The van der Waals surface area contributed by atoms with Crippen LogP contribution in [0, 0.1) is 0 Å². The van der Waals surface area contributed by atoms with Crippen LogP contribution in [0.25, 0.3) is 16.6 Å². The molecule has 0 amide bonds. The Labute approximate surface area is 151 Å². The summed E-state index contributed by atoms with van der Waals surface area (Å²) in [5.74, 6) is 0. The molecule has 1 fully saturated rings. The van der Waals surface area contributed by atoms with Crippen molar-refractivity contribution in [1.82, 2.24) is 14.5 Å². The van der Waals surface area contributed by atoms with E-state index in [4.69, 9.17) is 9.47 Å². The number of fused-ring (bicyclic) bond motifs is 1. The Kier molecular flexibility index (Phi) is 4.69. The summed E-state index contributed by atoms with van der Waals surface area (Å²) in [5, 5.41) is 0.572. The fourth-order valence-corrected chi connectivity index (χ4v) is 3.16. The third-order valence-corrected chi connectivity index (χ3v) is 4.60. The van der Waals surface area contributed by atoms with E-state index in [2.05, 4.69) is 9.88 Å². The van der Waals surface area contributed by atoms with Crippen molar-refractivity contribution in [3.63, 3.8) is 0 Å². The van der Waals surface area contributed by atoms with Crippen LogP contribution in [-0.4, -0.2) is 47.0 Å². The fourth-order valence-electron chi connectivity index (χ4n) is 3.16. The van der Waals surface area contributed by atoms with E-state index in [0.717, 1.165) is 18.8 Å². The summed E-state index contributed by atoms with van der Waals surface area (Å²) in [6, 6.07) is 17.1. The van der Waals surface area contributed by atoms with Gasteiger partial charge in [-0.05, 0) is 31.2 Å². The maximum atomic E-state index is 13.1. The van der Waals surface area contributed by atoms with Crippen LogP contribution >= 0.6 is 0 Å². The lowest BCUT2D eigenvalue weighted by molar-refractivity contribution is -0.0413. The normalized spacial score (nSPS) is 16.5. The summed E-state index contributed by atoms with van der Waals surface area (Å²) in [6.07, 6.45) is -0.207. The molecule has 0 radical (unpaired) electrons. The summed E-state index contributed by atoms with van der Waals surface area (Å²) in [7, 11) is 0. The molecular weight excluding hydrogens is 330 g/mol. The van der Waals surface area contributed by atoms with E-state index >= 15 is 0 Å². The van der Waals surface area contributed by atoms with Gasteiger partial charge in [0.1, 0.15) is 0 Å². The average Bonchev–Trinajstić information content (AvgIpc) is 2.69. The SMILES string of the molecule is CC(Oc1nc2ccccc2c(=O)n1-c1ccccc1)N1CCOCC1. The molecule has 6 heteroatoms. The van der Waals surface area contributed by atoms with Gasteiger partial charge in [-0.2, -0.15) is 4.98 Å². The minimum Gasteiger partial charge on any atom is -0.445 e. The molecule has 1 saturated heterocycles. The number of hydrogen-bond acceptors (Lipinski definition) is 5. The zero-order valence-electron chi connectivity index (χ0n) is 14.7. The largest absolute Gasteiger partial charge is 0.445 e. The van der Waals surface area contributed by atoms with E-state index in [0.29, 0.717) is 30.1 Å². The summed E-state index contributed by atoms with van der Waals surface area (Å²) in [5.41, 5.74) is 1.24. The van der Waals surface area contributed by atoms with E-state index in [-0.39, 0.29) is 11.8 Å². The second-order valence-corrected chi connectivity index (χ2v) is 6.25. The van der Waals surface area contributed by atoms with Crippen LogP contribution in [0.3, 0.4) is 0 Å². The Hall–Kier alpha value is -2.70. The van der Waals surface area contributed by atoms with Crippen molar-refractivity contribution >= 4 is 10.9 Å². The third kappa shape index (κ3) is 3.21. The molecule has 2 heterocycles. The lowest BCUT2D eigenvalue weighted by atomic mass is 10.2. The predicted octanol–water partition coefficient (Wildman–Crippen LogP) is 2.44. The van der Waals surface area contributed by atoms with Gasteiger partial charge < -0.3 is 9.47 Å². The maximum absolute atomic E-state index is 13.1. The molecule has 0 saturated carbocycles. The van der Waals surface area contributed by atoms with Crippen LogP contribution in [0.1, 0.15) is 6.92 Å². The number of benzene rings is 2. The quantitative estimate of drug-likeness (QED) is 0.723. The third-order valence-electron chi connectivity index (χ3n) is 4.60. The highest BCUT2D eigenvalue weighted by atomic mass is 16.5. The van der Waals surface area contributed by atoms with E-state index in [1.165, 1.54) is 0 Å². The molecule has 6 nitrogen and oxygen atoms in total. The maximum Gasteiger partial charge on any atom is 0.306 e. The lowest BCUT2D eigenvalue weighted by Gasteiger charge is -2.32. The number of morpholine rings is 1. The average molecular weight is 351 g/mol. The van der Waals surface area contributed by atoms with Crippen LogP contribution in [-0.2, 0) is 4.74 Å². The highest BCUT2D eigenvalue weighted by molar-refractivity contribution is 5.78. The molecule has 1 atom stereocenters. The summed E-state index contributed by atoms with van der Waals surface area (Å²) in [4.78, 5) is 19.9. The van der Waals surface area contributed by atoms with E-state index < -0.39 is 0 Å². The molecule has 0 bridgehead atoms. The van der Waals surface area contributed by atoms with Gasteiger partial charge in [-0.3, -0.25) is 9.69 Å². The van der Waals surface area contributed by atoms with Crippen LogP contribution in [0.5, 0.6) is 6.01 Å². The topological polar surface area (TPSA) is 56.6 Å². The monoisotopic (exact) mass is 351 g/mol. The molecule has 1 aliphatic rings. The molecule has 2 aromatic carbocycles. The summed E-state index contributed by atoms with van der Waals surface area (Å²) < 4.78 is 13.1. The zero-order valence-corrected chi connectivity index (χ0v) is 14.7. The smallest absolute Gasteiger partial charge is 0.306 e. The van der Waals surface area contributed by atoms with Gasteiger partial charge in [0, 0.05) is 13.1 Å². The summed E-state index contributed by atoms with van der Waals surface area (Å²) in [6.45, 7) is 4.94. The van der Waals surface area contributed by atoms with Gasteiger partial charge in [-0.15, -0.1) is 0 Å². The molecule has 3 aromatic rings. The number of nitrogens with zero attached hydrogens (tertiary/aromatic N) is 3. The number of aromatic nitrogens is 2. The molecule has 134 valence electrons. The second kappa shape index (κ2) is 7.27. The standard InChI is InChI=1S/C20H21N3O3/c1-15(22-11-13-25-14-12-22)26-20-21-18-10-6-5-9-17(18)19(24)23(20)16-7-3-2-4-8-16/h2-10,15H,11-14H2,1H3. The van der Waals surface area contributed by atoms with Crippen molar-refractivity contribution in [2.45, 2.75) is 13.2 Å². The Morgan fingerprint density at radius 2 is 1.73 bits per heavy atom. The lowest BCUT2D eigenvalue weighted by Crippen LogP contribution is -2.45. The van der Waals surface area contributed by atoms with Gasteiger partial charge in [-0.1, -0.05) is 30.3 Å². The van der Waals surface area contributed by atoms with E-state index in [1.807, 2.05) is 55.5 Å². The molecular formula is C20H21N3O3. The molecule has 1 aliphatic heterocycles. The highest BCUT2D eigenvalue weighted by Gasteiger charge is 2.21. The van der Waals surface area contributed by atoms with Gasteiger partial charge in [0.15, 0.2) is 6.23 Å². The first kappa shape index (κ1) is 16.8. The van der Waals surface area contributed by atoms with Crippen LogP contribution in [0.2, 0.25) is 0 Å². The van der Waals surface area contributed by atoms with Crippen molar-refractivity contribution in [3.8, 4) is 11.7 Å². The van der Waals surface area contributed by atoms with E-state index in [9.17, 15) is 4.79 Å². The molecule has 1 unspecified atom stereocenters. The van der Waals surface area contributed by atoms with Crippen molar-refractivity contribution in [1.29, 1.82) is 0 Å². The van der Waals surface area contributed by atoms with Crippen molar-refractivity contribution < 1.29 is 9.47 Å². The van der Waals surface area contributed by atoms with Crippen molar-refractivity contribution in [3.05, 3.63) is 65.0 Å². The fraction of sp³-hybridized carbons (Fsp3) is 0.300. The molecule has 4 rings (SSSR count). The first-order valence-corrected chi connectivity index (χ1v) is 8.80. The minimum atomic E-state index is -0.207. The van der Waals surface area contributed by atoms with Crippen LogP contribution in [0.4, 0.5) is 0 Å². The molecule has 0 N–H and O–H groups in total. The number of rotatable bonds is 4. The highest BCUT2D eigenvalue weighted by Crippen LogP contribution is 2.19. The van der Waals surface area contributed by atoms with Gasteiger partial charge >= 0.3 is 6.01 Å². The van der Waals surface area contributed by atoms with Gasteiger partial charge in [0.25, 0.3) is 5.56 Å². The van der Waals surface area contributed by atoms with Crippen molar-refractivity contribution in [2.75, 3.05) is 26.3 Å². The predicted molar refractivity (Wildman–Crippen MR) is 99.8 cm³/mol.